The van der Waals surface area contributed by atoms with Crippen LogP contribution in [0.5, 0.6) is 11.5 Å². The summed E-state index contributed by atoms with van der Waals surface area (Å²) in [7, 11) is 1.61. The number of unbranched alkanes of at least 4 members (excludes halogenated alkanes) is 3. The van der Waals surface area contributed by atoms with Crippen molar-refractivity contribution in [2.24, 2.45) is 0 Å². The van der Waals surface area contributed by atoms with Gasteiger partial charge < -0.3 is 24.8 Å². The van der Waals surface area contributed by atoms with E-state index in [-0.39, 0.29) is 6.61 Å². The third-order valence-corrected chi connectivity index (χ3v) is 5.70. The number of esters is 1. The van der Waals surface area contributed by atoms with Crippen molar-refractivity contribution in [1.82, 2.24) is 10.6 Å². The fourth-order valence-electron chi connectivity index (χ4n) is 3.71. The monoisotopic (exact) mass is 468 g/mol. The van der Waals surface area contributed by atoms with Crippen LogP contribution in [0.4, 0.5) is 0 Å². The average molecular weight is 469 g/mol. The van der Waals surface area contributed by atoms with Gasteiger partial charge in [0.2, 0.25) is 0 Å². The molecule has 2 aromatic carbocycles. The summed E-state index contributed by atoms with van der Waals surface area (Å²) in [6, 6.07) is 14.8. The van der Waals surface area contributed by atoms with E-state index in [0.29, 0.717) is 34.5 Å². The van der Waals surface area contributed by atoms with E-state index in [0.717, 1.165) is 24.0 Å². The Kier molecular flexibility index (Phi) is 9.13. The fraction of sp³-hybridized carbons (Fsp3) is 0.385. The van der Waals surface area contributed by atoms with Gasteiger partial charge in [0, 0.05) is 5.70 Å². The summed E-state index contributed by atoms with van der Waals surface area (Å²) in [6.45, 7) is 4.85. The van der Waals surface area contributed by atoms with E-state index in [1.165, 1.54) is 12.8 Å². The fourth-order valence-corrected chi connectivity index (χ4v) is 3.98. The molecule has 1 aliphatic heterocycles. The zero-order valence-electron chi connectivity index (χ0n) is 19.5. The third kappa shape index (κ3) is 6.71. The highest BCUT2D eigenvalue weighted by Crippen LogP contribution is 2.34. The first-order chi connectivity index (χ1) is 16.0. The van der Waals surface area contributed by atoms with Gasteiger partial charge in [0.1, 0.15) is 6.61 Å². The van der Waals surface area contributed by atoms with E-state index in [2.05, 4.69) is 17.6 Å². The quantitative estimate of drug-likeness (QED) is 0.267. The Morgan fingerprint density at radius 1 is 1.06 bits per heavy atom. The molecule has 2 N–H and O–H groups in total. The predicted molar refractivity (Wildman–Crippen MR) is 133 cm³/mol. The van der Waals surface area contributed by atoms with Crippen LogP contribution in [0.15, 0.2) is 59.8 Å². The number of benzene rings is 2. The third-order valence-electron chi connectivity index (χ3n) is 5.48. The van der Waals surface area contributed by atoms with E-state index in [1.807, 2.05) is 55.5 Å². The number of methoxy groups -OCH3 is 1. The van der Waals surface area contributed by atoms with Crippen LogP contribution in [-0.4, -0.2) is 24.8 Å². The molecule has 7 heteroatoms. The Morgan fingerprint density at radius 2 is 1.85 bits per heavy atom. The molecule has 2 aromatic rings. The first-order valence-electron chi connectivity index (χ1n) is 11.3. The molecule has 1 aliphatic rings. The number of hydrogen-bond acceptors (Lipinski definition) is 5. The zero-order valence-corrected chi connectivity index (χ0v) is 20.3. The smallest absolute Gasteiger partial charge is 0.338 e. The first kappa shape index (κ1) is 24.6. The maximum atomic E-state index is 13.1. The zero-order chi connectivity index (χ0) is 23.6. The number of allylic oxidation sites excluding steroid dienone is 1. The van der Waals surface area contributed by atoms with Crippen molar-refractivity contribution in [3.8, 4) is 11.5 Å². The molecule has 0 saturated carbocycles. The van der Waals surface area contributed by atoms with E-state index in [1.54, 1.807) is 7.11 Å². The lowest BCUT2D eigenvalue weighted by Crippen LogP contribution is -2.45. The largest absolute Gasteiger partial charge is 0.493 e. The lowest BCUT2D eigenvalue weighted by molar-refractivity contribution is -0.140. The van der Waals surface area contributed by atoms with Crippen LogP contribution in [0.1, 0.15) is 56.7 Å². The molecule has 0 aromatic heterocycles. The van der Waals surface area contributed by atoms with Gasteiger partial charge in [-0.15, -0.1) is 0 Å². The molecule has 0 aliphatic carbocycles. The van der Waals surface area contributed by atoms with Gasteiger partial charge in [0.25, 0.3) is 0 Å². The van der Waals surface area contributed by atoms with Crippen molar-refractivity contribution in [3.63, 3.8) is 0 Å². The van der Waals surface area contributed by atoms with Crippen molar-refractivity contribution < 1.29 is 19.0 Å². The van der Waals surface area contributed by atoms with E-state index in [4.69, 9.17) is 26.4 Å². The molecule has 3 rings (SSSR count). The number of carbonyl (C=O) groups is 1. The molecule has 6 nitrogen and oxygen atoms in total. The summed E-state index contributed by atoms with van der Waals surface area (Å²) < 4.78 is 17.1. The highest BCUT2D eigenvalue weighted by molar-refractivity contribution is 7.80. The van der Waals surface area contributed by atoms with Crippen LogP contribution >= 0.6 is 12.2 Å². The lowest BCUT2D eigenvalue weighted by Gasteiger charge is -2.30. The van der Waals surface area contributed by atoms with Gasteiger partial charge in [-0.1, -0.05) is 62.6 Å². The van der Waals surface area contributed by atoms with Gasteiger partial charge >= 0.3 is 5.97 Å². The van der Waals surface area contributed by atoms with Gasteiger partial charge in [-0.05, 0) is 48.8 Å². The highest BCUT2D eigenvalue weighted by Gasteiger charge is 2.31. The second-order valence-corrected chi connectivity index (χ2v) is 8.36. The summed E-state index contributed by atoms with van der Waals surface area (Å²) in [5, 5.41) is 6.68. The molecule has 1 heterocycles. The van der Waals surface area contributed by atoms with Crippen molar-refractivity contribution in [3.05, 3.63) is 70.9 Å². The molecular weight excluding hydrogens is 436 g/mol. The molecule has 1 unspecified atom stereocenters. The molecule has 0 fully saturated rings. The topological polar surface area (TPSA) is 68.8 Å². The van der Waals surface area contributed by atoms with Gasteiger partial charge in [-0.25, -0.2) is 4.79 Å². The Bertz CT molecular complexity index is 991. The van der Waals surface area contributed by atoms with Crippen molar-refractivity contribution in [2.45, 2.75) is 52.2 Å². The lowest BCUT2D eigenvalue weighted by atomic mass is 9.95. The molecular formula is C26H32N2O4S. The summed E-state index contributed by atoms with van der Waals surface area (Å²) in [5.74, 6) is 0.895. The van der Waals surface area contributed by atoms with Crippen molar-refractivity contribution >= 4 is 23.3 Å². The summed E-state index contributed by atoms with van der Waals surface area (Å²) in [6.07, 6.45) is 4.54. The van der Waals surface area contributed by atoms with Crippen LogP contribution in [0, 0.1) is 0 Å². The summed E-state index contributed by atoms with van der Waals surface area (Å²) >= 11 is 5.36. The second-order valence-electron chi connectivity index (χ2n) is 7.95. The molecule has 0 spiro atoms. The molecule has 0 radical (unpaired) electrons. The number of nitrogens with one attached hydrogen (secondary N) is 2. The standard InChI is InChI=1S/C26H32N2O4S/c1-4-5-6-10-15-31-21-14-13-20(16-22(21)30-3)24-23(18(2)27-26(33)28-24)25(29)32-17-19-11-8-7-9-12-19/h7-9,11-14,16,24H,4-6,10,15,17H2,1-3H3,(H2,27,28,33). The molecule has 0 saturated heterocycles. The molecule has 176 valence electrons. The van der Waals surface area contributed by atoms with Gasteiger partial charge in [-0.3, -0.25) is 0 Å². The Morgan fingerprint density at radius 3 is 2.58 bits per heavy atom. The number of hydrogen-bond donors (Lipinski definition) is 2. The number of ether oxygens (including phenoxy) is 3. The minimum absolute atomic E-state index is 0.196. The Balaban J connectivity index is 1.77. The summed E-state index contributed by atoms with van der Waals surface area (Å²) in [4.78, 5) is 13.1. The maximum absolute atomic E-state index is 13.1. The average Bonchev–Trinajstić information content (AvgIpc) is 2.82. The van der Waals surface area contributed by atoms with Crippen LogP contribution < -0.4 is 20.1 Å². The van der Waals surface area contributed by atoms with Crippen LogP contribution in [-0.2, 0) is 16.1 Å². The number of thiocarbonyl (C=S) groups is 1. The highest BCUT2D eigenvalue weighted by atomic mass is 32.1. The van der Waals surface area contributed by atoms with E-state index < -0.39 is 12.0 Å². The number of carbonyl (C=O) groups excluding carboxylic acids is 1. The Hall–Kier alpha value is -3.06. The van der Waals surface area contributed by atoms with Crippen LogP contribution in [0.3, 0.4) is 0 Å². The SMILES string of the molecule is CCCCCCOc1ccc(C2NC(=S)NC(C)=C2C(=O)OCc2ccccc2)cc1OC. The summed E-state index contributed by atoms with van der Waals surface area (Å²) in [5.41, 5.74) is 2.90. The predicted octanol–water partition coefficient (Wildman–Crippen LogP) is 5.19. The Labute approximate surface area is 201 Å². The van der Waals surface area contributed by atoms with Crippen LogP contribution in [0.25, 0.3) is 0 Å². The minimum Gasteiger partial charge on any atom is -0.493 e. The molecule has 0 bridgehead atoms. The van der Waals surface area contributed by atoms with E-state index in [9.17, 15) is 4.79 Å². The molecule has 0 amide bonds. The van der Waals surface area contributed by atoms with Gasteiger partial charge in [0.05, 0.1) is 25.3 Å². The normalized spacial score (nSPS) is 15.5. The second kappa shape index (κ2) is 12.3. The molecule has 1 atom stereocenters. The van der Waals surface area contributed by atoms with Crippen molar-refractivity contribution in [1.29, 1.82) is 0 Å². The first-order valence-corrected chi connectivity index (χ1v) is 11.7. The van der Waals surface area contributed by atoms with Crippen molar-refractivity contribution in [2.75, 3.05) is 13.7 Å². The molecule has 33 heavy (non-hydrogen) atoms. The van der Waals surface area contributed by atoms with Crippen LogP contribution in [0.2, 0.25) is 0 Å². The van der Waals surface area contributed by atoms with Gasteiger partial charge in [0.15, 0.2) is 16.6 Å². The van der Waals surface area contributed by atoms with E-state index >= 15 is 0 Å². The number of rotatable bonds is 11. The minimum atomic E-state index is -0.463. The maximum Gasteiger partial charge on any atom is 0.338 e. The van der Waals surface area contributed by atoms with Gasteiger partial charge in [-0.2, -0.15) is 0 Å².